The molecule has 0 aliphatic heterocycles. The highest BCUT2D eigenvalue weighted by Gasteiger charge is 2.23. The molecule has 0 bridgehead atoms. The van der Waals surface area contributed by atoms with E-state index in [9.17, 15) is 4.79 Å². The van der Waals surface area contributed by atoms with Crippen molar-refractivity contribution >= 4 is 23.3 Å². The van der Waals surface area contributed by atoms with Gasteiger partial charge in [0, 0.05) is 13.2 Å². The summed E-state index contributed by atoms with van der Waals surface area (Å²) in [6, 6.07) is 1.63. The molecule has 1 aliphatic carbocycles. The van der Waals surface area contributed by atoms with Crippen molar-refractivity contribution in [3.63, 3.8) is 0 Å². The normalized spacial score (nSPS) is 23.1. The van der Waals surface area contributed by atoms with Crippen LogP contribution in [0, 0.1) is 0 Å². The molecule has 0 aromatic carbocycles. The molecule has 1 aliphatic rings. The first-order valence-corrected chi connectivity index (χ1v) is 6.60. The lowest BCUT2D eigenvalue weighted by atomic mass is 9.93. The molecule has 2 unspecified atom stereocenters. The summed E-state index contributed by atoms with van der Waals surface area (Å²) in [5, 5.41) is 11.0. The van der Waals surface area contributed by atoms with E-state index in [4.69, 9.17) is 22.1 Å². The predicted molar refractivity (Wildman–Crippen MR) is 72.2 cm³/mol. The number of hydrogen-bond acceptors (Lipinski definition) is 5. The number of amides is 1. The molecule has 1 saturated carbocycles. The third-order valence-corrected chi connectivity index (χ3v) is 3.51. The first-order valence-electron chi connectivity index (χ1n) is 6.22. The maximum absolute atomic E-state index is 11.4. The molecule has 3 N–H and O–H groups in total. The molecule has 1 heterocycles. The van der Waals surface area contributed by atoms with Crippen molar-refractivity contribution in [1.82, 2.24) is 10.2 Å². The van der Waals surface area contributed by atoms with Gasteiger partial charge in [-0.1, -0.05) is 11.6 Å². The summed E-state index contributed by atoms with van der Waals surface area (Å²) in [4.78, 5) is 11.4. The number of rotatable bonds is 4. The van der Waals surface area contributed by atoms with Crippen LogP contribution in [0.3, 0.4) is 0 Å². The molecular formula is C12H17ClN4O2. The van der Waals surface area contributed by atoms with Crippen LogP contribution < -0.4 is 11.1 Å². The van der Waals surface area contributed by atoms with Gasteiger partial charge in [0.15, 0.2) is 11.0 Å². The maximum atomic E-state index is 11.4. The Morgan fingerprint density at radius 2 is 2.32 bits per heavy atom. The van der Waals surface area contributed by atoms with Gasteiger partial charge in [-0.3, -0.25) is 4.79 Å². The zero-order chi connectivity index (χ0) is 13.8. The van der Waals surface area contributed by atoms with Crippen LogP contribution in [0.15, 0.2) is 6.07 Å². The minimum Gasteiger partial charge on any atom is -0.381 e. The van der Waals surface area contributed by atoms with Gasteiger partial charge in [0.1, 0.15) is 0 Å². The van der Waals surface area contributed by atoms with Gasteiger partial charge in [0.05, 0.1) is 11.7 Å². The lowest BCUT2D eigenvalue weighted by Gasteiger charge is -2.29. The molecule has 0 saturated heterocycles. The fourth-order valence-corrected chi connectivity index (χ4v) is 2.49. The quantitative estimate of drug-likeness (QED) is 0.876. The Balaban J connectivity index is 2.12. The van der Waals surface area contributed by atoms with Gasteiger partial charge < -0.3 is 15.8 Å². The summed E-state index contributed by atoms with van der Waals surface area (Å²) in [5.41, 5.74) is 5.58. The molecule has 1 aromatic rings. The Bertz CT molecular complexity index is 469. The minimum atomic E-state index is -0.571. The summed E-state index contributed by atoms with van der Waals surface area (Å²) in [6.07, 6.45) is 4.25. The zero-order valence-electron chi connectivity index (χ0n) is 10.7. The van der Waals surface area contributed by atoms with E-state index in [0.717, 1.165) is 25.7 Å². The highest BCUT2D eigenvalue weighted by atomic mass is 35.5. The minimum absolute atomic E-state index is 0.151. The molecule has 104 valence electrons. The van der Waals surface area contributed by atoms with Crippen LogP contribution in [0.5, 0.6) is 0 Å². The fourth-order valence-electron chi connectivity index (χ4n) is 2.35. The van der Waals surface area contributed by atoms with E-state index in [0.29, 0.717) is 5.82 Å². The molecule has 1 amide bonds. The van der Waals surface area contributed by atoms with Gasteiger partial charge in [-0.15, -0.1) is 10.2 Å². The average Bonchev–Trinajstić information content (AvgIpc) is 2.41. The van der Waals surface area contributed by atoms with Crippen LogP contribution >= 0.6 is 11.6 Å². The van der Waals surface area contributed by atoms with Gasteiger partial charge in [-0.25, -0.2) is 0 Å². The monoisotopic (exact) mass is 284 g/mol. The predicted octanol–water partition coefficient (Wildman–Crippen LogP) is 1.60. The fraction of sp³-hybridized carbons (Fsp3) is 0.583. The summed E-state index contributed by atoms with van der Waals surface area (Å²) < 4.78 is 5.37. The Kier molecular flexibility index (Phi) is 4.55. The number of nitrogens with zero attached hydrogens (tertiary/aromatic N) is 2. The van der Waals surface area contributed by atoms with Crippen molar-refractivity contribution in [2.45, 2.75) is 37.8 Å². The molecule has 1 aromatic heterocycles. The van der Waals surface area contributed by atoms with Crippen molar-refractivity contribution in [2.24, 2.45) is 5.73 Å². The van der Waals surface area contributed by atoms with E-state index in [1.807, 2.05) is 0 Å². The van der Waals surface area contributed by atoms with Gasteiger partial charge in [0.25, 0.3) is 5.91 Å². The van der Waals surface area contributed by atoms with E-state index in [1.54, 1.807) is 7.11 Å². The molecule has 1 fully saturated rings. The second kappa shape index (κ2) is 6.16. The number of carbonyl (C=O) groups is 1. The van der Waals surface area contributed by atoms with Gasteiger partial charge in [-0.05, 0) is 31.7 Å². The van der Waals surface area contributed by atoms with Crippen molar-refractivity contribution in [3.05, 3.63) is 16.8 Å². The van der Waals surface area contributed by atoms with Crippen LogP contribution in [0.1, 0.15) is 36.0 Å². The molecular weight excluding hydrogens is 268 g/mol. The third kappa shape index (κ3) is 3.54. The van der Waals surface area contributed by atoms with E-state index in [1.165, 1.54) is 6.07 Å². The maximum Gasteiger partial charge on any atom is 0.252 e. The van der Waals surface area contributed by atoms with Gasteiger partial charge in [0.2, 0.25) is 0 Å². The van der Waals surface area contributed by atoms with E-state index in [2.05, 4.69) is 15.5 Å². The molecule has 0 radical (unpaired) electrons. The van der Waals surface area contributed by atoms with Crippen LogP contribution in [0.2, 0.25) is 5.15 Å². The lowest BCUT2D eigenvalue weighted by molar-refractivity contribution is 0.0669. The number of anilines is 1. The van der Waals surface area contributed by atoms with Crippen molar-refractivity contribution < 1.29 is 9.53 Å². The van der Waals surface area contributed by atoms with Crippen molar-refractivity contribution in [2.75, 3.05) is 12.4 Å². The number of aromatic nitrogens is 2. The van der Waals surface area contributed by atoms with Gasteiger partial charge in [-0.2, -0.15) is 0 Å². The number of carbonyl (C=O) groups excluding carboxylic acids is 1. The standard InChI is InChI=1S/C12H17ClN4O2/c1-19-8-4-2-3-7(5-8)15-12-9(11(14)18)6-10(13)16-17-12/h6-8H,2-5H2,1H3,(H2,14,18)(H,15,17). The second-order valence-electron chi connectivity index (χ2n) is 4.66. The molecule has 6 nitrogen and oxygen atoms in total. The SMILES string of the molecule is COC1CCCC(Nc2nnc(Cl)cc2C(N)=O)C1. The van der Waals surface area contributed by atoms with Crippen molar-refractivity contribution in [1.29, 1.82) is 0 Å². The van der Waals surface area contributed by atoms with Crippen LogP contribution in [-0.2, 0) is 4.74 Å². The Morgan fingerprint density at radius 1 is 1.53 bits per heavy atom. The molecule has 0 spiro atoms. The number of nitrogens with one attached hydrogen (secondary N) is 1. The largest absolute Gasteiger partial charge is 0.381 e. The Hall–Kier alpha value is -1.40. The lowest BCUT2D eigenvalue weighted by Crippen LogP contribution is -2.32. The van der Waals surface area contributed by atoms with Crippen LogP contribution in [0.4, 0.5) is 5.82 Å². The number of ether oxygens (including phenoxy) is 1. The molecule has 2 atom stereocenters. The molecule has 7 heteroatoms. The molecule has 2 rings (SSSR count). The third-order valence-electron chi connectivity index (χ3n) is 3.33. The van der Waals surface area contributed by atoms with Crippen LogP contribution in [-0.4, -0.2) is 35.4 Å². The second-order valence-corrected chi connectivity index (χ2v) is 5.05. The number of primary amides is 1. The summed E-state index contributed by atoms with van der Waals surface area (Å²) in [5.74, 6) is -0.183. The topological polar surface area (TPSA) is 90.1 Å². The summed E-state index contributed by atoms with van der Waals surface area (Å²) in [6.45, 7) is 0. The number of methoxy groups -OCH3 is 1. The van der Waals surface area contributed by atoms with Crippen molar-refractivity contribution in [3.8, 4) is 0 Å². The summed E-state index contributed by atoms with van der Waals surface area (Å²) >= 11 is 5.72. The Labute approximate surface area is 116 Å². The summed E-state index contributed by atoms with van der Waals surface area (Å²) in [7, 11) is 1.71. The average molecular weight is 285 g/mol. The number of hydrogen-bond donors (Lipinski definition) is 2. The van der Waals surface area contributed by atoms with E-state index in [-0.39, 0.29) is 22.9 Å². The first-order chi connectivity index (χ1) is 9.10. The Morgan fingerprint density at radius 3 is 3.00 bits per heavy atom. The number of halogens is 1. The molecule has 19 heavy (non-hydrogen) atoms. The highest BCUT2D eigenvalue weighted by Crippen LogP contribution is 2.24. The van der Waals surface area contributed by atoms with Gasteiger partial charge >= 0.3 is 0 Å². The van der Waals surface area contributed by atoms with Crippen LogP contribution in [0.25, 0.3) is 0 Å². The number of nitrogens with two attached hydrogens (primary N) is 1. The zero-order valence-corrected chi connectivity index (χ0v) is 11.5. The van der Waals surface area contributed by atoms with E-state index < -0.39 is 5.91 Å². The first kappa shape index (κ1) is 14.0. The highest BCUT2D eigenvalue weighted by molar-refractivity contribution is 6.29. The van der Waals surface area contributed by atoms with E-state index >= 15 is 0 Å². The smallest absolute Gasteiger partial charge is 0.252 e.